The molecule has 5 N–H and O–H groups in total. The van der Waals surface area contributed by atoms with Crippen molar-refractivity contribution in [3.8, 4) is 0 Å². The second kappa shape index (κ2) is 17.6. The zero-order valence-corrected chi connectivity index (χ0v) is 34.7. The molecule has 0 amide bonds. The minimum Gasteiger partial charge on any atom is -0.459 e. The van der Waals surface area contributed by atoms with Crippen LogP contribution in [-0.4, -0.2) is 124 Å². The number of ether oxygens (including phenoxy) is 7. The summed E-state index contributed by atoms with van der Waals surface area (Å²) in [6.07, 6.45) is -7.75. The predicted octanol–water partition coefficient (Wildman–Crippen LogP) is 3.85. The molecule has 4 heterocycles. The second-order valence-electron chi connectivity index (χ2n) is 17.7. The molecule has 0 aromatic heterocycles. The highest BCUT2D eigenvalue weighted by atomic mass is 16.7. The van der Waals surface area contributed by atoms with Crippen LogP contribution in [0.5, 0.6) is 0 Å². The maximum atomic E-state index is 14.4. The van der Waals surface area contributed by atoms with Crippen LogP contribution in [0.3, 0.4) is 0 Å². The summed E-state index contributed by atoms with van der Waals surface area (Å²) in [5, 5.41) is 49.2. The number of fused-ring (bicyclic) bond motifs is 2. The van der Waals surface area contributed by atoms with Gasteiger partial charge in [0.2, 0.25) is 0 Å². The number of rotatable bonds is 11. The molecule has 19 atom stereocenters. The third-order valence-corrected chi connectivity index (χ3v) is 13.2. The topological polar surface area (TPSA) is 175 Å². The number of aliphatic hydroxyl groups excluding tert-OH is 3. The van der Waals surface area contributed by atoms with E-state index >= 15 is 0 Å². The van der Waals surface area contributed by atoms with Gasteiger partial charge in [0.15, 0.2) is 12.6 Å². The Labute approximate surface area is 327 Å². The van der Waals surface area contributed by atoms with E-state index in [4.69, 9.17) is 33.2 Å². The molecule has 0 saturated carbocycles. The van der Waals surface area contributed by atoms with E-state index < -0.39 is 102 Å². The van der Waals surface area contributed by atoms with Gasteiger partial charge in [0.1, 0.15) is 23.9 Å². The lowest BCUT2D eigenvalue weighted by Gasteiger charge is -2.48. The van der Waals surface area contributed by atoms with Crippen molar-refractivity contribution in [2.45, 2.75) is 192 Å². The molecule has 5 rings (SSSR count). The van der Waals surface area contributed by atoms with Gasteiger partial charge in [-0.1, -0.05) is 58.0 Å². The molecular weight excluding hydrogens is 710 g/mol. The van der Waals surface area contributed by atoms with E-state index in [-0.39, 0.29) is 30.9 Å². The fourth-order valence-corrected chi connectivity index (χ4v) is 9.76. The maximum Gasteiger partial charge on any atom is 0.311 e. The van der Waals surface area contributed by atoms with Crippen molar-refractivity contribution in [2.75, 3.05) is 7.11 Å². The van der Waals surface area contributed by atoms with Gasteiger partial charge in [-0.05, 0) is 72.3 Å². The normalized spacial score (nSPS) is 45.9. The van der Waals surface area contributed by atoms with E-state index in [1.54, 1.807) is 27.7 Å². The zero-order valence-electron chi connectivity index (χ0n) is 34.7. The average Bonchev–Trinajstić information content (AvgIpc) is 3.47. The van der Waals surface area contributed by atoms with Crippen molar-refractivity contribution < 1.29 is 58.4 Å². The Kier molecular flexibility index (Phi) is 14.2. The van der Waals surface area contributed by atoms with Gasteiger partial charge < -0.3 is 58.9 Å². The molecular formula is C42H69NO12. The van der Waals surface area contributed by atoms with Crippen LogP contribution in [0.25, 0.3) is 0 Å². The summed E-state index contributed by atoms with van der Waals surface area (Å²) in [6.45, 7) is 18.9. The Hall–Kier alpha value is -1.75. The number of nitrogens with one attached hydrogen (secondary N) is 1. The van der Waals surface area contributed by atoms with Gasteiger partial charge in [-0.3, -0.25) is 4.79 Å². The number of benzene rings is 1. The molecule has 0 radical (unpaired) electrons. The van der Waals surface area contributed by atoms with E-state index in [2.05, 4.69) is 12.2 Å². The van der Waals surface area contributed by atoms with Crippen molar-refractivity contribution in [1.29, 1.82) is 0 Å². The van der Waals surface area contributed by atoms with Crippen molar-refractivity contribution in [2.24, 2.45) is 23.7 Å². The second-order valence-corrected chi connectivity index (χ2v) is 17.7. The van der Waals surface area contributed by atoms with Crippen LogP contribution < -0.4 is 5.32 Å². The van der Waals surface area contributed by atoms with Crippen LogP contribution in [0.4, 0.5) is 0 Å². The number of aliphatic hydroxyl groups is 4. The largest absolute Gasteiger partial charge is 0.459 e. The summed E-state index contributed by atoms with van der Waals surface area (Å²) in [6, 6.07) is 9.65. The van der Waals surface area contributed by atoms with Gasteiger partial charge >= 0.3 is 5.97 Å². The molecule has 55 heavy (non-hydrogen) atoms. The van der Waals surface area contributed by atoms with Gasteiger partial charge in [-0.2, -0.15) is 0 Å². The third kappa shape index (κ3) is 9.28. The standard InChI is InChI=1S/C42H69NO12/c1-12-30(44)42(10,48)37-24(4)33-22(2)19-41(9,55-33)36(54-39-32(45)29(18-23(3)50-39)43-21-28-16-14-13-15-17-28)25(5)34(26(6)38(47)53-37)52-31-20-40(8,49-11)35(46)27(7)51-31/h13-17,22-27,29-37,39,43-46,48H,12,18-21H2,1-11H3/t22?,23?,24-,25-,26+,27?,29?,30+,31-,32?,33?,34-,35-,36+,37+,39-,40?,41-,42+/m0/s1. The monoisotopic (exact) mass is 779 g/mol. The lowest BCUT2D eigenvalue weighted by Crippen LogP contribution is -2.60. The molecule has 4 fully saturated rings. The molecule has 2 bridgehead atoms. The van der Waals surface area contributed by atoms with Crippen LogP contribution in [0.15, 0.2) is 30.3 Å². The van der Waals surface area contributed by atoms with Gasteiger partial charge in [0.25, 0.3) is 0 Å². The summed E-state index contributed by atoms with van der Waals surface area (Å²) in [5.74, 6) is -2.76. The lowest BCUT2D eigenvalue weighted by atomic mass is 9.76. The Bertz CT molecular complexity index is 1400. The molecule has 13 heteroatoms. The molecule has 314 valence electrons. The van der Waals surface area contributed by atoms with Crippen LogP contribution in [0, 0.1) is 23.7 Å². The van der Waals surface area contributed by atoms with E-state index in [0.29, 0.717) is 19.4 Å². The van der Waals surface area contributed by atoms with Crippen LogP contribution in [0.1, 0.15) is 100 Å². The molecule has 1 aromatic carbocycles. The third-order valence-electron chi connectivity index (χ3n) is 13.2. The average molecular weight is 780 g/mol. The van der Waals surface area contributed by atoms with Crippen molar-refractivity contribution in [3.63, 3.8) is 0 Å². The molecule has 1 aromatic rings. The van der Waals surface area contributed by atoms with Crippen molar-refractivity contribution in [1.82, 2.24) is 5.32 Å². The smallest absolute Gasteiger partial charge is 0.311 e. The Morgan fingerprint density at radius 3 is 2.31 bits per heavy atom. The highest BCUT2D eigenvalue weighted by Crippen LogP contribution is 2.48. The molecule has 4 aliphatic heterocycles. The van der Waals surface area contributed by atoms with Crippen LogP contribution in [0.2, 0.25) is 0 Å². The first kappa shape index (κ1) is 44.4. The van der Waals surface area contributed by atoms with Crippen LogP contribution in [-0.2, 0) is 44.5 Å². The van der Waals surface area contributed by atoms with Gasteiger partial charge in [0.05, 0.1) is 53.7 Å². The maximum absolute atomic E-state index is 14.4. The summed E-state index contributed by atoms with van der Waals surface area (Å²) < 4.78 is 45.4. The minimum atomic E-state index is -1.80. The quantitative estimate of drug-likeness (QED) is 0.205. The summed E-state index contributed by atoms with van der Waals surface area (Å²) in [5.41, 5.74) is -2.69. The molecule has 7 unspecified atom stereocenters. The van der Waals surface area contributed by atoms with Gasteiger partial charge in [-0.25, -0.2) is 0 Å². The Balaban J connectivity index is 1.54. The molecule has 4 aliphatic rings. The highest BCUT2D eigenvalue weighted by molar-refractivity contribution is 5.73. The van der Waals surface area contributed by atoms with E-state index in [1.807, 2.05) is 58.0 Å². The lowest BCUT2D eigenvalue weighted by molar-refractivity contribution is -0.316. The number of carbonyl (C=O) groups excluding carboxylic acids is 1. The van der Waals surface area contributed by atoms with E-state index in [1.165, 1.54) is 14.0 Å². The number of hydrogen-bond donors (Lipinski definition) is 5. The summed E-state index contributed by atoms with van der Waals surface area (Å²) >= 11 is 0. The first-order valence-electron chi connectivity index (χ1n) is 20.3. The molecule has 0 aliphatic carbocycles. The highest BCUT2D eigenvalue weighted by Gasteiger charge is 2.59. The molecule has 0 spiro atoms. The van der Waals surface area contributed by atoms with Crippen LogP contribution >= 0.6 is 0 Å². The first-order chi connectivity index (χ1) is 25.8. The van der Waals surface area contributed by atoms with Gasteiger partial charge in [0, 0.05) is 38.0 Å². The first-order valence-corrected chi connectivity index (χ1v) is 20.3. The molecule has 4 saturated heterocycles. The SMILES string of the molecule is CC[C@@H](O)[C@@](C)(O)[C@@H]1OC(=O)[C@H](C)[C@@H](O[C@H]2CC(C)(OC)[C@@H](O)C(C)O2)[C@H](C)[C@@H](O[C@@H]2OC(C)CC(NCc3ccccc3)C2O)[C@]2(C)CC(C)C(O2)[C@@H]1C. The van der Waals surface area contributed by atoms with Crippen molar-refractivity contribution in [3.05, 3.63) is 35.9 Å². The number of methoxy groups -OCH3 is 1. The Morgan fingerprint density at radius 1 is 1.00 bits per heavy atom. The number of carbonyl (C=O) groups is 1. The van der Waals surface area contributed by atoms with E-state index in [9.17, 15) is 25.2 Å². The number of hydrogen-bond acceptors (Lipinski definition) is 13. The molecule has 13 nitrogen and oxygen atoms in total. The van der Waals surface area contributed by atoms with E-state index in [0.717, 1.165) is 5.56 Å². The summed E-state index contributed by atoms with van der Waals surface area (Å²) in [4.78, 5) is 14.4. The van der Waals surface area contributed by atoms with Crippen molar-refractivity contribution >= 4 is 5.97 Å². The zero-order chi connectivity index (χ0) is 40.6. The fourth-order valence-electron chi connectivity index (χ4n) is 9.76. The predicted molar refractivity (Wildman–Crippen MR) is 203 cm³/mol. The Morgan fingerprint density at radius 2 is 1.67 bits per heavy atom. The number of cyclic esters (lactones) is 1. The van der Waals surface area contributed by atoms with Gasteiger partial charge in [-0.15, -0.1) is 0 Å². The summed E-state index contributed by atoms with van der Waals surface area (Å²) in [7, 11) is 1.53. The number of esters is 1. The minimum absolute atomic E-state index is 0.0758. The fraction of sp³-hybridized carbons (Fsp3) is 0.833.